The molecule has 1 fully saturated rings. The van der Waals surface area contributed by atoms with Crippen LogP contribution in [0, 0.1) is 5.41 Å². The molecular weight excluding hydrogens is 236 g/mol. The van der Waals surface area contributed by atoms with Crippen molar-refractivity contribution in [3.63, 3.8) is 0 Å². The number of anilines is 2. The van der Waals surface area contributed by atoms with Crippen LogP contribution in [0.15, 0.2) is 6.33 Å². The molecule has 1 aromatic heterocycles. The van der Waals surface area contributed by atoms with Gasteiger partial charge in [0.2, 0.25) is 0 Å². The standard InChI is InChI=1S/C12H19ClN4/c1-12(2)6-4-3-5-8(12)17-11-9(13)10(14)15-7-16-11/h7-8H,3-6H2,1-2H3,(H3,14,15,16,17). The number of hydrogen-bond acceptors (Lipinski definition) is 4. The summed E-state index contributed by atoms with van der Waals surface area (Å²) in [5.74, 6) is 0.983. The fraction of sp³-hybridized carbons (Fsp3) is 0.667. The lowest BCUT2D eigenvalue weighted by Crippen LogP contribution is -2.39. The number of aromatic nitrogens is 2. The van der Waals surface area contributed by atoms with E-state index in [4.69, 9.17) is 17.3 Å². The average Bonchev–Trinajstić information content (AvgIpc) is 2.27. The van der Waals surface area contributed by atoms with Crippen molar-refractivity contribution in [3.8, 4) is 0 Å². The first-order valence-electron chi connectivity index (χ1n) is 6.03. The average molecular weight is 255 g/mol. The first-order chi connectivity index (χ1) is 8.00. The Morgan fingerprint density at radius 3 is 2.88 bits per heavy atom. The minimum absolute atomic E-state index is 0.265. The summed E-state index contributed by atoms with van der Waals surface area (Å²) in [7, 11) is 0. The Labute approximate surface area is 107 Å². The van der Waals surface area contributed by atoms with E-state index in [1.165, 1.54) is 25.6 Å². The normalized spacial score (nSPS) is 23.4. The van der Waals surface area contributed by atoms with Gasteiger partial charge in [-0.3, -0.25) is 0 Å². The molecule has 1 unspecified atom stereocenters. The molecule has 1 heterocycles. The van der Waals surface area contributed by atoms with E-state index in [-0.39, 0.29) is 5.41 Å². The highest BCUT2D eigenvalue weighted by Crippen LogP contribution is 2.38. The monoisotopic (exact) mass is 254 g/mol. The second-order valence-corrected chi connectivity index (χ2v) is 5.73. The van der Waals surface area contributed by atoms with Gasteiger partial charge in [0.15, 0.2) is 5.82 Å². The van der Waals surface area contributed by atoms with Crippen molar-refractivity contribution in [3.05, 3.63) is 11.3 Å². The zero-order valence-electron chi connectivity index (χ0n) is 10.3. The molecule has 0 aromatic carbocycles. The van der Waals surface area contributed by atoms with Crippen molar-refractivity contribution >= 4 is 23.2 Å². The van der Waals surface area contributed by atoms with E-state index in [0.29, 0.717) is 22.7 Å². The Bertz CT molecular complexity index is 405. The van der Waals surface area contributed by atoms with Crippen LogP contribution in [0.3, 0.4) is 0 Å². The molecule has 0 saturated heterocycles. The lowest BCUT2D eigenvalue weighted by atomic mass is 9.73. The van der Waals surface area contributed by atoms with Gasteiger partial charge in [0.25, 0.3) is 0 Å². The predicted molar refractivity (Wildman–Crippen MR) is 71.1 cm³/mol. The van der Waals surface area contributed by atoms with E-state index < -0.39 is 0 Å². The first kappa shape index (κ1) is 12.4. The highest BCUT2D eigenvalue weighted by molar-refractivity contribution is 6.35. The summed E-state index contributed by atoms with van der Waals surface area (Å²) in [6, 6.07) is 0.392. The number of nitrogens with zero attached hydrogens (tertiary/aromatic N) is 2. The second kappa shape index (κ2) is 4.69. The molecule has 1 aromatic rings. The third kappa shape index (κ3) is 2.63. The van der Waals surface area contributed by atoms with Gasteiger partial charge in [-0.15, -0.1) is 0 Å². The van der Waals surface area contributed by atoms with Gasteiger partial charge >= 0.3 is 0 Å². The highest BCUT2D eigenvalue weighted by Gasteiger charge is 2.32. The minimum Gasteiger partial charge on any atom is -0.382 e. The van der Waals surface area contributed by atoms with Gasteiger partial charge in [0.1, 0.15) is 17.2 Å². The van der Waals surface area contributed by atoms with E-state index >= 15 is 0 Å². The van der Waals surface area contributed by atoms with Gasteiger partial charge in [-0.2, -0.15) is 0 Å². The molecule has 0 bridgehead atoms. The highest BCUT2D eigenvalue weighted by atomic mass is 35.5. The van der Waals surface area contributed by atoms with Crippen LogP contribution in [-0.4, -0.2) is 16.0 Å². The molecule has 1 aliphatic rings. The summed E-state index contributed by atoms with van der Waals surface area (Å²) in [4.78, 5) is 8.03. The van der Waals surface area contributed by atoms with Gasteiger partial charge in [-0.25, -0.2) is 9.97 Å². The van der Waals surface area contributed by atoms with Crippen molar-refractivity contribution in [1.82, 2.24) is 9.97 Å². The van der Waals surface area contributed by atoms with E-state index in [1.54, 1.807) is 0 Å². The van der Waals surface area contributed by atoms with Crippen molar-refractivity contribution in [1.29, 1.82) is 0 Å². The molecule has 17 heavy (non-hydrogen) atoms. The molecule has 0 radical (unpaired) electrons. The van der Waals surface area contributed by atoms with Crippen LogP contribution < -0.4 is 11.1 Å². The van der Waals surface area contributed by atoms with Crippen LogP contribution in [0.25, 0.3) is 0 Å². The van der Waals surface area contributed by atoms with Crippen LogP contribution >= 0.6 is 11.6 Å². The van der Waals surface area contributed by atoms with Crippen molar-refractivity contribution in [2.75, 3.05) is 11.1 Å². The summed E-state index contributed by atoms with van der Waals surface area (Å²) < 4.78 is 0. The quantitative estimate of drug-likeness (QED) is 0.851. The Hall–Kier alpha value is -1.03. The van der Waals surface area contributed by atoms with Crippen LogP contribution in [0.1, 0.15) is 39.5 Å². The topological polar surface area (TPSA) is 63.8 Å². The molecule has 1 saturated carbocycles. The van der Waals surface area contributed by atoms with Gasteiger partial charge in [-0.1, -0.05) is 38.3 Å². The van der Waals surface area contributed by atoms with Gasteiger partial charge in [0, 0.05) is 6.04 Å². The maximum absolute atomic E-state index is 6.09. The predicted octanol–water partition coefficient (Wildman–Crippen LogP) is 3.09. The Morgan fingerprint density at radius 1 is 1.41 bits per heavy atom. The van der Waals surface area contributed by atoms with Crippen molar-refractivity contribution in [2.45, 2.75) is 45.6 Å². The molecule has 1 aliphatic carbocycles. The van der Waals surface area contributed by atoms with Gasteiger partial charge < -0.3 is 11.1 Å². The van der Waals surface area contributed by atoms with Crippen LogP contribution in [0.4, 0.5) is 11.6 Å². The summed E-state index contributed by atoms with van der Waals surface area (Å²) in [6.07, 6.45) is 6.36. The number of halogens is 1. The maximum Gasteiger partial charge on any atom is 0.150 e. The fourth-order valence-corrected chi connectivity index (χ4v) is 2.56. The summed E-state index contributed by atoms with van der Waals surface area (Å²) >= 11 is 6.09. The fourth-order valence-electron chi connectivity index (χ4n) is 2.41. The minimum atomic E-state index is 0.265. The summed E-state index contributed by atoms with van der Waals surface area (Å²) in [5.41, 5.74) is 5.94. The SMILES string of the molecule is CC1(C)CCCCC1Nc1ncnc(N)c1Cl. The molecule has 0 amide bonds. The van der Waals surface area contributed by atoms with E-state index in [0.717, 1.165) is 6.42 Å². The maximum atomic E-state index is 6.09. The van der Waals surface area contributed by atoms with Gasteiger partial charge in [0.05, 0.1) is 0 Å². The number of nitrogens with two attached hydrogens (primary N) is 1. The van der Waals surface area contributed by atoms with Gasteiger partial charge in [-0.05, 0) is 18.3 Å². The second-order valence-electron chi connectivity index (χ2n) is 5.35. The molecule has 0 aliphatic heterocycles. The molecule has 94 valence electrons. The van der Waals surface area contributed by atoms with Crippen molar-refractivity contribution in [2.24, 2.45) is 5.41 Å². The van der Waals surface area contributed by atoms with Crippen LogP contribution in [-0.2, 0) is 0 Å². The smallest absolute Gasteiger partial charge is 0.150 e. The third-order valence-electron chi connectivity index (χ3n) is 3.63. The molecule has 0 spiro atoms. The Kier molecular flexibility index (Phi) is 3.43. The number of hydrogen-bond donors (Lipinski definition) is 2. The number of nitrogen functional groups attached to an aromatic ring is 1. The molecule has 2 rings (SSSR count). The van der Waals surface area contributed by atoms with Crippen LogP contribution in [0.2, 0.25) is 5.02 Å². The zero-order chi connectivity index (χ0) is 12.5. The summed E-state index contributed by atoms with van der Waals surface area (Å²) in [5, 5.41) is 3.84. The third-order valence-corrected chi connectivity index (χ3v) is 4.01. The Balaban J connectivity index is 2.17. The molecule has 5 heteroatoms. The van der Waals surface area contributed by atoms with E-state index in [2.05, 4.69) is 29.1 Å². The zero-order valence-corrected chi connectivity index (χ0v) is 11.1. The molecular formula is C12H19ClN4. The van der Waals surface area contributed by atoms with Crippen molar-refractivity contribution < 1.29 is 0 Å². The lowest BCUT2D eigenvalue weighted by molar-refractivity contribution is 0.216. The Morgan fingerprint density at radius 2 is 2.18 bits per heavy atom. The van der Waals surface area contributed by atoms with Crippen LogP contribution in [0.5, 0.6) is 0 Å². The molecule has 1 atom stereocenters. The number of rotatable bonds is 2. The van der Waals surface area contributed by atoms with E-state index in [1.807, 2.05) is 0 Å². The molecule has 3 N–H and O–H groups in total. The molecule has 4 nitrogen and oxygen atoms in total. The van der Waals surface area contributed by atoms with E-state index in [9.17, 15) is 0 Å². The lowest BCUT2D eigenvalue weighted by Gasteiger charge is -2.39. The largest absolute Gasteiger partial charge is 0.382 e. The first-order valence-corrected chi connectivity index (χ1v) is 6.41. The number of nitrogens with one attached hydrogen (secondary N) is 1. The summed E-state index contributed by atoms with van der Waals surface area (Å²) in [6.45, 7) is 4.56.